The molecule has 0 radical (unpaired) electrons. The topological polar surface area (TPSA) is 71.4 Å². The molecule has 0 aromatic heterocycles. The van der Waals surface area contributed by atoms with E-state index < -0.39 is 15.9 Å². The predicted octanol–water partition coefficient (Wildman–Crippen LogP) is 1.61. The fourth-order valence-corrected chi connectivity index (χ4v) is 3.83. The maximum atomic E-state index is 12.2. The number of carbonyl (C=O) groups is 1. The number of hydrogen-bond donors (Lipinski definition) is 1. The summed E-state index contributed by atoms with van der Waals surface area (Å²) < 4.78 is 24.5. The molecule has 0 amide bonds. The maximum absolute atomic E-state index is 12.2. The maximum Gasteiger partial charge on any atom is 0.178 e. The Hall–Kier alpha value is -1.20. The second-order valence-corrected chi connectivity index (χ2v) is 7.03. The van der Waals surface area contributed by atoms with Gasteiger partial charge in [-0.3, -0.25) is 0 Å². The van der Waals surface area contributed by atoms with E-state index in [4.69, 9.17) is 0 Å². The van der Waals surface area contributed by atoms with Crippen molar-refractivity contribution in [3.05, 3.63) is 29.8 Å². The number of aryl methyl sites for hydroxylation is 1. The average Bonchev–Trinajstić information content (AvgIpc) is 2.34. The molecule has 0 saturated carbocycles. The zero-order valence-corrected chi connectivity index (χ0v) is 12.1. The summed E-state index contributed by atoms with van der Waals surface area (Å²) in [5.74, 6) is 0.152. The Morgan fingerprint density at radius 1 is 1.26 bits per heavy atom. The van der Waals surface area contributed by atoms with Gasteiger partial charge in [-0.15, -0.1) is 0 Å². The molecule has 0 saturated heterocycles. The van der Waals surface area contributed by atoms with E-state index in [9.17, 15) is 18.3 Å². The molecule has 0 aliphatic rings. The number of hydrogen-bond acceptors (Lipinski definition) is 4. The van der Waals surface area contributed by atoms with Crippen molar-refractivity contribution in [1.29, 1.82) is 0 Å². The van der Waals surface area contributed by atoms with Crippen LogP contribution in [0.5, 0.6) is 0 Å². The Kier molecular flexibility index (Phi) is 5.69. The summed E-state index contributed by atoms with van der Waals surface area (Å²) in [7, 11) is -3.31. The molecule has 0 aliphatic heterocycles. The van der Waals surface area contributed by atoms with Gasteiger partial charge in [-0.2, -0.15) is 0 Å². The SMILES string of the molecule is CC(C)CS(=O)(=O)c1ccccc1CCC(O)C=O. The summed E-state index contributed by atoms with van der Waals surface area (Å²) in [6, 6.07) is 6.76. The number of benzene rings is 1. The molecule has 0 spiro atoms. The third-order valence-electron chi connectivity index (χ3n) is 2.73. The molecule has 19 heavy (non-hydrogen) atoms. The molecular formula is C14H20O4S. The van der Waals surface area contributed by atoms with Crippen LogP contribution in [-0.2, 0) is 21.1 Å². The summed E-state index contributed by atoms with van der Waals surface area (Å²) in [6.45, 7) is 3.71. The zero-order chi connectivity index (χ0) is 14.5. The van der Waals surface area contributed by atoms with Gasteiger partial charge in [0.15, 0.2) is 9.84 Å². The van der Waals surface area contributed by atoms with Crippen LogP contribution in [0.15, 0.2) is 29.2 Å². The van der Waals surface area contributed by atoms with Crippen molar-refractivity contribution in [2.75, 3.05) is 5.75 Å². The molecule has 0 aliphatic carbocycles. The fourth-order valence-electron chi connectivity index (χ4n) is 1.91. The highest BCUT2D eigenvalue weighted by molar-refractivity contribution is 7.91. The van der Waals surface area contributed by atoms with Crippen LogP contribution >= 0.6 is 0 Å². The van der Waals surface area contributed by atoms with E-state index in [2.05, 4.69) is 0 Å². The van der Waals surface area contributed by atoms with Gasteiger partial charge in [0.1, 0.15) is 12.4 Å². The number of aliphatic hydroxyl groups is 1. The molecular weight excluding hydrogens is 264 g/mol. The van der Waals surface area contributed by atoms with Gasteiger partial charge in [0.25, 0.3) is 0 Å². The van der Waals surface area contributed by atoms with Gasteiger partial charge >= 0.3 is 0 Å². The summed E-state index contributed by atoms with van der Waals surface area (Å²) in [5, 5.41) is 9.24. The first-order chi connectivity index (χ1) is 8.86. The lowest BCUT2D eigenvalue weighted by Gasteiger charge is -2.12. The Balaban J connectivity index is 2.98. The third-order valence-corrected chi connectivity index (χ3v) is 4.90. The van der Waals surface area contributed by atoms with Gasteiger partial charge in [-0.05, 0) is 30.4 Å². The van der Waals surface area contributed by atoms with Crippen molar-refractivity contribution >= 4 is 16.1 Å². The molecule has 1 aromatic rings. The normalized spacial score (nSPS) is 13.5. The highest BCUT2D eigenvalue weighted by atomic mass is 32.2. The van der Waals surface area contributed by atoms with Gasteiger partial charge in [0, 0.05) is 0 Å². The second-order valence-electron chi connectivity index (χ2n) is 5.03. The highest BCUT2D eigenvalue weighted by Crippen LogP contribution is 2.20. The van der Waals surface area contributed by atoms with Crippen LogP contribution in [0, 0.1) is 5.92 Å². The minimum atomic E-state index is -3.31. The Morgan fingerprint density at radius 3 is 2.47 bits per heavy atom. The molecule has 0 bridgehead atoms. The summed E-state index contributed by atoms with van der Waals surface area (Å²) in [5.41, 5.74) is 0.657. The first-order valence-corrected chi connectivity index (χ1v) is 7.96. The van der Waals surface area contributed by atoms with Crippen LogP contribution in [0.4, 0.5) is 0 Å². The van der Waals surface area contributed by atoms with Gasteiger partial charge in [-0.25, -0.2) is 8.42 Å². The Morgan fingerprint density at radius 2 is 1.89 bits per heavy atom. The van der Waals surface area contributed by atoms with Crippen molar-refractivity contribution in [3.8, 4) is 0 Å². The standard InChI is InChI=1S/C14H20O4S/c1-11(2)10-19(17,18)14-6-4-3-5-12(14)7-8-13(16)9-15/h3-6,9,11,13,16H,7-8,10H2,1-2H3. The largest absolute Gasteiger partial charge is 0.386 e. The van der Waals surface area contributed by atoms with E-state index in [1.54, 1.807) is 24.3 Å². The Labute approximate surface area is 114 Å². The number of carbonyl (C=O) groups excluding carboxylic acids is 1. The van der Waals surface area contributed by atoms with Crippen molar-refractivity contribution < 1.29 is 18.3 Å². The monoisotopic (exact) mass is 284 g/mol. The Bertz CT molecular complexity index is 520. The molecule has 1 aromatic carbocycles. The lowest BCUT2D eigenvalue weighted by molar-refractivity contribution is -0.115. The molecule has 106 valence electrons. The molecule has 1 N–H and O–H groups in total. The van der Waals surface area contributed by atoms with Crippen LogP contribution in [0.2, 0.25) is 0 Å². The van der Waals surface area contributed by atoms with Crippen LogP contribution < -0.4 is 0 Å². The number of aldehydes is 1. The minimum absolute atomic E-state index is 0.0543. The van der Waals surface area contributed by atoms with Crippen LogP contribution in [-0.4, -0.2) is 31.7 Å². The van der Waals surface area contributed by atoms with Crippen molar-refractivity contribution in [1.82, 2.24) is 0 Å². The zero-order valence-electron chi connectivity index (χ0n) is 11.2. The van der Waals surface area contributed by atoms with E-state index in [0.717, 1.165) is 0 Å². The van der Waals surface area contributed by atoms with Crippen molar-refractivity contribution in [2.24, 2.45) is 5.92 Å². The minimum Gasteiger partial charge on any atom is -0.386 e. The molecule has 1 atom stereocenters. The predicted molar refractivity (Wildman–Crippen MR) is 73.7 cm³/mol. The van der Waals surface area contributed by atoms with E-state index in [-0.39, 0.29) is 18.1 Å². The lowest BCUT2D eigenvalue weighted by Crippen LogP contribution is -2.15. The third kappa shape index (κ3) is 4.76. The van der Waals surface area contributed by atoms with E-state index in [0.29, 0.717) is 23.2 Å². The highest BCUT2D eigenvalue weighted by Gasteiger charge is 2.19. The first kappa shape index (κ1) is 15.9. The van der Waals surface area contributed by atoms with Gasteiger partial charge in [0.2, 0.25) is 0 Å². The average molecular weight is 284 g/mol. The second kappa shape index (κ2) is 6.82. The molecule has 4 nitrogen and oxygen atoms in total. The smallest absolute Gasteiger partial charge is 0.178 e. The quantitative estimate of drug-likeness (QED) is 0.772. The molecule has 1 rings (SSSR count). The number of sulfone groups is 1. The lowest BCUT2D eigenvalue weighted by atomic mass is 10.1. The van der Waals surface area contributed by atoms with E-state index in [1.807, 2.05) is 13.8 Å². The summed E-state index contributed by atoms with van der Waals surface area (Å²) in [6.07, 6.45) is 0.0249. The molecule has 0 fully saturated rings. The summed E-state index contributed by atoms with van der Waals surface area (Å²) >= 11 is 0. The van der Waals surface area contributed by atoms with Gasteiger partial charge in [-0.1, -0.05) is 32.0 Å². The first-order valence-electron chi connectivity index (χ1n) is 6.31. The van der Waals surface area contributed by atoms with Crippen molar-refractivity contribution in [2.45, 2.75) is 37.7 Å². The van der Waals surface area contributed by atoms with E-state index in [1.165, 1.54) is 0 Å². The number of aliphatic hydroxyl groups excluding tert-OH is 1. The van der Waals surface area contributed by atoms with Gasteiger partial charge < -0.3 is 9.90 Å². The van der Waals surface area contributed by atoms with Crippen molar-refractivity contribution in [3.63, 3.8) is 0 Å². The molecule has 0 heterocycles. The van der Waals surface area contributed by atoms with Crippen LogP contribution in [0.1, 0.15) is 25.8 Å². The fraction of sp³-hybridized carbons (Fsp3) is 0.500. The van der Waals surface area contributed by atoms with Crippen LogP contribution in [0.3, 0.4) is 0 Å². The molecule has 1 unspecified atom stereocenters. The number of rotatable bonds is 7. The van der Waals surface area contributed by atoms with E-state index >= 15 is 0 Å². The summed E-state index contributed by atoms with van der Waals surface area (Å²) in [4.78, 5) is 10.7. The van der Waals surface area contributed by atoms with Crippen LogP contribution in [0.25, 0.3) is 0 Å². The van der Waals surface area contributed by atoms with Gasteiger partial charge in [0.05, 0.1) is 10.6 Å². The molecule has 5 heteroatoms.